The molecule has 1 aromatic heterocycles. The monoisotopic (exact) mass is 592 g/mol. The molecule has 3 aromatic rings. The van der Waals surface area contributed by atoms with E-state index in [0.717, 1.165) is 6.07 Å². The summed E-state index contributed by atoms with van der Waals surface area (Å²) in [5, 5.41) is 0. The molecule has 2 aromatic carbocycles. The van der Waals surface area contributed by atoms with Gasteiger partial charge >= 0.3 is 12.5 Å². The molecule has 0 bridgehead atoms. The second kappa shape index (κ2) is 11.3. The zero-order chi connectivity index (χ0) is 30.3. The van der Waals surface area contributed by atoms with E-state index in [4.69, 9.17) is 9.47 Å². The molecule has 2 aliphatic rings. The summed E-state index contributed by atoms with van der Waals surface area (Å²) < 4.78 is 81.8. The van der Waals surface area contributed by atoms with Crippen LogP contribution in [0.5, 0.6) is 11.5 Å². The first kappa shape index (κ1) is 29.3. The molecule has 0 aliphatic carbocycles. The van der Waals surface area contributed by atoms with Gasteiger partial charge in [0.25, 0.3) is 0 Å². The van der Waals surface area contributed by atoms with Crippen molar-refractivity contribution < 1.29 is 41.0 Å². The third-order valence-corrected chi connectivity index (χ3v) is 7.34. The number of benzene rings is 2. The molecular weight excluding hydrogens is 563 g/mol. The zero-order valence-corrected chi connectivity index (χ0v) is 23.3. The largest absolute Gasteiger partial charge is 0.573 e. The lowest BCUT2D eigenvalue weighted by atomic mass is 9.95. The van der Waals surface area contributed by atoms with Crippen LogP contribution in [0.25, 0.3) is 11.1 Å². The van der Waals surface area contributed by atoms with Crippen LogP contribution in [0.1, 0.15) is 49.6 Å². The van der Waals surface area contributed by atoms with Crippen molar-refractivity contribution in [3.8, 4) is 22.6 Å². The maximum Gasteiger partial charge on any atom is 0.573 e. The fourth-order valence-electron chi connectivity index (χ4n) is 5.10. The molecule has 224 valence electrons. The number of rotatable bonds is 8. The van der Waals surface area contributed by atoms with Crippen LogP contribution in [0.4, 0.5) is 32.7 Å². The molecule has 3 heterocycles. The van der Waals surface area contributed by atoms with Crippen LogP contribution < -0.4 is 14.4 Å². The van der Waals surface area contributed by atoms with E-state index >= 15 is 0 Å². The Morgan fingerprint density at radius 1 is 1.14 bits per heavy atom. The Hall–Kier alpha value is -4.16. The Morgan fingerprint density at radius 3 is 2.52 bits per heavy atom. The maximum atomic E-state index is 14.8. The fraction of sp³-hybridized carbons (Fsp3) is 0.414. The van der Waals surface area contributed by atoms with Crippen LogP contribution in [0, 0.1) is 5.82 Å². The highest BCUT2D eigenvalue weighted by Crippen LogP contribution is 2.40. The number of hydrogen-bond donors (Lipinski definition) is 0. The molecule has 2 unspecified atom stereocenters. The molecule has 8 nitrogen and oxygen atoms in total. The summed E-state index contributed by atoms with van der Waals surface area (Å²) >= 11 is 0. The van der Waals surface area contributed by atoms with Crippen molar-refractivity contribution in [2.75, 3.05) is 25.1 Å². The molecule has 2 aliphatic heterocycles. The van der Waals surface area contributed by atoms with E-state index in [2.05, 4.69) is 14.7 Å². The van der Waals surface area contributed by atoms with E-state index in [0.29, 0.717) is 27.9 Å². The number of alkyl halides is 4. The number of nitrogens with zero attached hydrogens (tertiary/aromatic N) is 4. The van der Waals surface area contributed by atoms with E-state index in [9.17, 15) is 26.7 Å². The highest BCUT2D eigenvalue weighted by molar-refractivity contribution is 5.75. The molecule has 1 amide bonds. The number of cyclic esters (lactones) is 1. The Labute approximate surface area is 239 Å². The first-order chi connectivity index (χ1) is 19.8. The molecule has 2 fully saturated rings. The van der Waals surface area contributed by atoms with Crippen molar-refractivity contribution in [2.24, 2.45) is 0 Å². The molecule has 0 radical (unpaired) electrons. The predicted molar refractivity (Wildman–Crippen MR) is 143 cm³/mol. The summed E-state index contributed by atoms with van der Waals surface area (Å²) in [6.07, 6.45) is -5.95. The van der Waals surface area contributed by atoms with Gasteiger partial charge < -0.3 is 19.1 Å². The third kappa shape index (κ3) is 5.90. The van der Waals surface area contributed by atoms with E-state index in [1.165, 1.54) is 36.4 Å². The van der Waals surface area contributed by atoms with Crippen molar-refractivity contribution in [1.29, 1.82) is 0 Å². The number of amides is 1. The summed E-state index contributed by atoms with van der Waals surface area (Å²) in [5.74, 6) is -0.516. The standard InChI is InChI=1S/C29H29F5N4O4/c1-15(2)20-9-21(25(40-4)10-23(20)31)22-11-35-27(37-12-18(30)13-37)36-24(22)14-38-16(3)26(41-28(38)39)17-6-5-7-19(8-17)42-29(32,33)34/h5-11,15-16,18,26H,12-14H2,1-4H3. The minimum Gasteiger partial charge on any atom is -0.496 e. The van der Waals surface area contributed by atoms with E-state index in [1.54, 1.807) is 24.0 Å². The summed E-state index contributed by atoms with van der Waals surface area (Å²) in [6.45, 7) is 5.57. The van der Waals surface area contributed by atoms with Gasteiger partial charge in [-0.15, -0.1) is 13.2 Å². The lowest BCUT2D eigenvalue weighted by molar-refractivity contribution is -0.274. The van der Waals surface area contributed by atoms with Crippen LogP contribution in [-0.4, -0.2) is 59.7 Å². The van der Waals surface area contributed by atoms with Crippen molar-refractivity contribution in [1.82, 2.24) is 14.9 Å². The highest BCUT2D eigenvalue weighted by atomic mass is 19.4. The summed E-state index contributed by atoms with van der Waals surface area (Å²) in [7, 11) is 1.41. The van der Waals surface area contributed by atoms with Crippen LogP contribution in [0.3, 0.4) is 0 Å². The number of hydrogen-bond acceptors (Lipinski definition) is 7. The second-order valence-electron chi connectivity index (χ2n) is 10.6. The van der Waals surface area contributed by atoms with Gasteiger partial charge in [0.2, 0.25) is 5.95 Å². The molecule has 13 heteroatoms. The number of carbonyl (C=O) groups excluding carboxylic acids is 1. The van der Waals surface area contributed by atoms with Crippen LogP contribution in [-0.2, 0) is 11.3 Å². The Morgan fingerprint density at radius 2 is 1.88 bits per heavy atom. The zero-order valence-electron chi connectivity index (χ0n) is 23.3. The third-order valence-electron chi connectivity index (χ3n) is 7.34. The smallest absolute Gasteiger partial charge is 0.496 e. The Balaban J connectivity index is 1.51. The van der Waals surface area contributed by atoms with Gasteiger partial charge in [-0.2, -0.15) is 0 Å². The maximum absolute atomic E-state index is 14.8. The first-order valence-corrected chi connectivity index (χ1v) is 13.3. The number of aromatic nitrogens is 2. The molecule has 2 saturated heterocycles. The lowest BCUT2D eigenvalue weighted by Crippen LogP contribution is -2.49. The first-order valence-electron chi connectivity index (χ1n) is 13.3. The second-order valence-corrected chi connectivity index (χ2v) is 10.6. The number of ether oxygens (including phenoxy) is 3. The number of anilines is 1. The van der Waals surface area contributed by atoms with E-state index < -0.39 is 42.3 Å². The van der Waals surface area contributed by atoms with Gasteiger partial charge in [-0.25, -0.2) is 23.5 Å². The average molecular weight is 593 g/mol. The van der Waals surface area contributed by atoms with Gasteiger partial charge in [-0.1, -0.05) is 26.0 Å². The molecule has 0 saturated carbocycles. The summed E-state index contributed by atoms with van der Waals surface area (Å²) in [5.41, 5.74) is 2.11. The molecule has 2 atom stereocenters. The van der Waals surface area contributed by atoms with Crippen molar-refractivity contribution in [3.63, 3.8) is 0 Å². The van der Waals surface area contributed by atoms with Gasteiger partial charge in [0, 0.05) is 23.4 Å². The molecule has 42 heavy (non-hydrogen) atoms. The van der Waals surface area contributed by atoms with Gasteiger partial charge in [0.15, 0.2) is 0 Å². The van der Waals surface area contributed by atoms with Gasteiger partial charge in [0.1, 0.15) is 29.6 Å². The van der Waals surface area contributed by atoms with Crippen molar-refractivity contribution >= 4 is 12.0 Å². The summed E-state index contributed by atoms with van der Waals surface area (Å²) in [6, 6.07) is 7.58. The van der Waals surface area contributed by atoms with Crippen LogP contribution in [0.15, 0.2) is 42.6 Å². The molecule has 0 N–H and O–H groups in total. The minimum absolute atomic E-state index is 0.0788. The predicted octanol–water partition coefficient (Wildman–Crippen LogP) is 6.55. The minimum atomic E-state index is -4.88. The average Bonchev–Trinajstić information content (AvgIpc) is 3.18. The van der Waals surface area contributed by atoms with Crippen molar-refractivity contribution in [2.45, 2.75) is 57.9 Å². The van der Waals surface area contributed by atoms with E-state index in [1.807, 2.05) is 13.8 Å². The van der Waals surface area contributed by atoms with E-state index in [-0.39, 0.29) is 37.3 Å². The highest BCUT2D eigenvalue weighted by Gasteiger charge is 2.41. The fourth-order valence-corrected chi connectivity index (χ4v) is 5.10. The molecular formula is C29H29F5N4O4. The summed E-state index contributed by atoms with van der Waals surface area (Å²) in [4.78, 5) is 25.2. The number of carbonyl (C=O) groups is 1. The SMILES string of the molecule is COc1cc(F)c(C(C)C)cc1-c1cnc(N2CC(F)C2)nc1CN1C(=O)OC(c2cccc(OC(F)(F)F)c2)C1C. The van der Waals surface area contributed by atoms with Crippen molar-refractivity contribution in [3.05, 3.63) is 65.2 Å². The molecule has 0 spiro atoms. The lowest BCUT2D eigenvalue weighted by Gasteiger charge is -2.34. The van der Waals surface area contributed by atoms with Gasteiger partial charge in [0.05, 0.1) is 38.5 Å². The topological polar surface area (TPSA) is 77.0 Å². The van der Waals surface area contributed by atoms with Gasteiger partial charge in [-0.3, -0.25) is 4.90 Å². The van der Waals surface area contributed by atoms with Crippen LogP contribution >= 0.6 is 0 Å². The van der Waals surface area contributed by atoms with Gasteiger partial charge in [-0.05, 0) is 42.2 Å². The van der Waals surface area contributed by atoms with Crippen LogP contribution in [0.2, 0.25) is 0 Å². The normalized spacial score (nSPS) is 19.2. The number of methoxy groups -OCH3 is 1. The Kier molecular flexibility index (Phi) is 7.86. The number of halogens is 5. The quantitative estimate of drug-likeness (QED) is 0.275. The Bertz CT molecular complexity index is 1480. The molecule has 5 rings (SSSR count).